The summed E-state index contributed by atoms with van der Waals surface area (Å²) in [4.78, 5) is 31.2. The van der Waals surface area contributed by atoms with Gasteiger partial charge in [-0.25, -0.2) is 4.98 Å². The Morgan fingerprint density at radius 2 is 1.97 bits per heavy atom. The average Bonchev–Trinajstić information content (AvgIpc) is 3.47. The number of aromatic nitrogens is 1. The number of amides is 2. The van der Waals surface area contributed by atoms with E-state index in [0.717, 1.165) is 11.1 Å². The lowest BCUT2D eigenvalue weighted by Crippen LogP contribution is -2.45. The lowest BCUT2D eigenvalue weighted by atomic mass is 10.1. The first-order chi connectivity index (χ1) is 15.4. The molecule has 0 bridgehead atoms. The lowest BCUT2D eigenvalue weighted by molar-refractivity contribution is -0.125. The van der Waals surface area contributed by atoms with E-state index in [-0.39, 0.29) is 24.8 Å². The van der Waals surface area contributed by atoms with E-state index in [4.69, 9.17) is 9.83 Å². The third-order valence-corrected chi connectivity index (χ3v) is 5.52. The molecule has 0 saturated carbocycles. The number of nitrogens with one attached hydrogen (secondary N) is 2. The number of rotatable bonds is 6. The molecule has 8 heteroatoms. The molecule has 0 spiro atoms. The van der Waals surface area contributed by atoms with Gasteiger partial charge in [0.25, 0.3) is 5.91 Å². The van der Waals surface area contributed by atoms with Crippen LogP contribution in [0.15, 0.2) is 65.5 Å². The molecular weight excluding hydrogens is 408 g/mol. The van der Waals surface area contributed by atoms with Gasteiger partial charge in [-0.3, -0.25) is 9.59 Å². The summed E-state index contributed by atoms with van der Waals surface area (Å²) >= 11 is 0. The van der Waals surface area contributed by atoms with Gasteiger partial charge < -0.3 is 25.1 Å². The largest absolute Gasteiger partial charge is 0.444 e. The maximum Gasteiger partial charge on any atom is 0.254 e. The summed E-state index contributed by atoms with van der Waals surface area (Å²) in [5.74, 6) is 0.0202. The van der Waals surface area contributed by atoms with Gasteiger partial charge in [0.2, 0.25) is 5.91 Å². The molecule has 3 N–H and O–H groups in total. The first-order valence-electron chi connectivity index (χ1n) is 10.3. The molecule has 0 radical (unpaired) electrons. The molecule has 32 heavy (non-hydrogen) atoms. The van der Waals surface area contributed by atoms with Gasteiger partial charge in [-0.2, -0.15) is 0 Å². The maximum atomic E-state index is 13.1. The van der Waals surface area contributed by atoms with Gasteiger partial charge in [0.05, 0.1) is 12.3 Å². The fourth-order valence-corrected chi connectivity index (χ4v) is 3.79. The number of carbonyl (C=O) groups is 2. The second-order valence-corrected chi connectivity index (χ2v) is 7.85. The van der Waals surface area contributed by atoms with E-state index in [9.17, 15) is 14.7 Å². The fourth-order valence-electron chi connectivity index (χ4n) is 3.79. The van der Waals surface area contributed by atoms with Crippen molar-refractivity contribution < 1.29 is 19.1 Å². The van der Waals surface area contributed by atoms with E-state index in [2.05, 4.69) is 10.3 Å². The van der Waals surface area contributed by atoms with Crippen molar-refractivity contribution in [3.63, 3.8) is 0 Å². The Balaban J connectivity index is 1.42. The van der Waals surface area contributed by atoms with Crippen molar-refractivity contribution in [2.45, 2.75) is 32.0 Å². The minimum Gasteiger partial charge on any atom is -0.444 e. The van der Waals surface area contributed by atoms with Crippen molar-refractivity contribution in [3.8, 4) is 11.3 Å². The molecule has 164 valence electrons. The molecule has 2 atom stereocenters. The summed E-state index contributed by atoms with van der Waals surface area (Å²) in [6.45, 7) is 2.04. The Kier molecular flexibility index (Phi) is 6.13. The lowest BCUT2D eigenvalue weighted by Gasteiger charge is -2.24. The highest BCUT2D eigenvalue weighted by Gasteiger charge is 2.39. The van der Waals surface area contributed by atoms with Crippen molar-refractivity contribution in [2.75, 3.05) is 6.54 Å². The smallest absolute Gasteiger partial charge is 0.254 e. The molecule has 1 aliphatic heterocycles. The summed E-state index contributed by atoms with van der Waals surface area (Å²) in [7, 11) is 0. The Bertz CT molecular complexity index is 1130. The van der Waals surface area contributed by atoms with Crippen molar-refractivity contribution in [1.29, 1.82) is 5.41 Å². The van der Waals surface area contributed by atoms with Gasteiger partial charge >= 0.3 is 0 Å². The van der Waals surface area contributed by atoms with Gasteiger partial charge in [0.15, 0.2) is 12.2 Å². The molecule has 1 aromatic heterocycles. The molecule has 3 aromatic rings. The topological polar surface area (TPSA) is 120 Å². The van der Waals surface area contributed by atoms with Gasteiger partial charge in [-0.05, 0) is 30.2 Å². The van der Waals surface area contributed by atoms with Crippen LogP contribution in [0.3, 0.4) is 0 Å². The zero-order valence-electron chi connectivity index (χ0n) is 17.6. The highest BCUT2D eigenvalue weighted by atomic mass is 16.3. The van der Waals surface area contributed by atoms with E-state index < -0.39 is 12.1 Å². The van der Waals surface area contributed by atoms with Crippen LogP contribution in [0.4, 0.5) is 0 Å². The highest BCUT2D eigenvalue weighted by Crippen LogP contribution is 2.22. The number of likely N-dealkylation sites (tertiary alicyclic amines) is 1. The average molecular weight is 432 g/mol. The number of nitrogens with zero attached hydrogens (tertiary/aromatic N) is 2. The molecule has 0 aliphatic carbocycles. The van der Waals surface area contributed by atoms with Gasteiger partial charge in [0, 0.05) is 36.3 Å². The molecule has 2 heterocycles. The van der Waals surface area contributed by atoms with E-state index in [1.165, 1.54) is 11.3 Å². The SMILES string of the molecule is CC(=N)c1cccc(C(=O)N2C[C@H](O)C[C@H]2C(=O)NCc2ccc(-c3cnco3)cc2)c1. The summed E-state index contributed by atoms with van der Waals surface area (Å²) in [6.07, 6.45) is 2.43. The zero-order chi connectivity index (χ0) is 22.7. The second-order valence-electron chi connectivity index (χ2n) is 7.85. The van der Waals surface area contributed by atoms with E-state index in [0.29, 0.717) is 29.1 Å². The molecule has 2 amide bonds. The van der Waals surface area contributed by atoms with Crippen LogP contribution in [0.1, 0.15) is 34.8 Å². The summed E-state index contributed by atoms with van der Waals surface area (Å²) < 4.78 is 5.27. The third-order valence-electron chi connectivity index (χ3n) is 5.52. The summed E-state index contributed by atoms with van der Waals surface area (Å²) in [5.41, 5.74) is 3.17. The first kappa shape index (κ1) is 21.5. The number of carbonyl (C=O) groups excluding carboxylic acids is 2. The number of oxazole rings is 1. The first-order valence-corrected chi connectivity index (χ1v) is 10.3. The third kappa shape index (κ3) is 4.60. The minimum atomic E-state index is -0.761. The Morgan fingerprint density at radius 3 is 2.66 bits per heavy atom. The Labute approximate surface area is 185 Å². The number of hydrogen-bond donors (Lipinski definition) is 3. The maximum absolute atomic E-state index is 13.1. The van der Waals surface area contributed by atoms with Crippen LogP contribution in [-0.4, -0.2) is 51.2 Å². The molecule has 0 unspecified atom stereocenters. The van der Waals surface area contributed by atoms with E-state index >= 15 is 0 Å². The molecule has 1 saturated heterocycles. The number of β-amino-alcohol motifs (C(OH)–C–C–N with tert-alkyl or cyclic N) is 1. The van der Waals surface area contributed by atoms with E-state index in [1.54, 1.807) is 37.4 Å². The van der Waals surface area contributed by atoms with Crippen LogP contribution in [0.2, 0.25) is 0 Å². The molecule has 8 nitrogen and oxygen atoms in total. The standard InChI is InChI=1S/C24H24N4O4/c1-15(25)18-3-2-4-19(9-18)24(31)28-13-20(29)10-21(28)23(30)27-11-16-5-7-17(8-6-16)22-12-26-14-32-22/h2-9,12,14,20-21,25,29H,10-11,13H2,1H3,(H,27,30)/t20-,21+/m1/s1. The Hall–Kier alpha value is -3.78. The fraction of sp³-hybridized carbons (Fsp3) is 0.250. The normalized spacial score (nSPS) is 17.9. The monoisotopic (exact) mass is 432 g/mol. The zero-order valence-corrected chi connectivity index (χ0v) is 17.6. The molecule has 1 fully saturated rings. The van der Waals surface area contributed by atoms with Crippen molar-refractivity contribution in [1.82, 2.24) is 15.2 Å². The van der Waals surface area contributed by atoms with Gasteiger partial charge in [0.1, 0.15) is 6.04 Å². The van der Waals surface area contributed by atoms with Crippen LogP contribution >= 0.6 is 0 Å². The van der Waals surface area contributed by atoms with Gasteiger partial charge in [-0.15, -0.1) is 0 Å². The van der Waals surface area contributed by atoms with Crippen molar-refractivity contribution in [2.24, 2.45) is 0 Å². The molecular formula is C24H24N4O4. The predicted molar refractivity (Wildman–Crippen MR) is 118 cm³/mol. The number of aliphatic hydroxyl groups is 1. The highest BCUT2D eigenvalue weighted by molar-refractivity contribution is 6.02. The van der Waals surface area contributed by atoms with Crippen LogP contribution in [0.5, 0.6) is 0 Å². The number of aliphatic hydroxyl groups excluding tert-OH is 1. The molecule has 1 aliphatic rings. The van der Waals surface area contributed by atoms with Crippen LogP contribution in [-0.2, 0) is 11.3 Å². The summed E-state index contributed by atoms with van der Waals surface area (Å²) in [6, 6.07) is 13.6. The van der Waals surface area contributed by atoms with Crippen molar-refractivity contribution in [3.05, 3.63) is 77.8 Å². The predicted octanol–water partition coefficient (Wildman–Crippen LogP) is 2.62. The Morgan fingerprint density at radius 1 is 1.22 bits per heavy atom. The van der Waals surface area contributed by atoms with Crippen LogP contribution in [0, 0.1) is 5.41 Å². The van der Waals surface area contributed by atoms with Crippen LogP contribution in [0.25, 0.3) is 11.3 Å². The minimum absolute atomic E-state index is 0.0938. The van der Waals surface area contributed by atoms with E-state index in [1.807, 2.05) is 24.3 Å². The van der Waals surface area contributed by atoms with Crippen LogP contribution < -0.4 is 5.32 Å². The number of hydrogen-bond acceptors (Lipinski definition) is 6. The number of benzene rings is 2. The molecule has 2 aromatic carbocycles. The second kappa shape index (κ2) is 9.15. The quantitative estimate of drug-likeness (QED) is 0.517. The molecule has 4 rings (SSSR count). The van der Waals surface area contributed by atoms with Gasteiger partial charge in [-0.1, -0.05) is 36.4 Å². The summed E-state index contributed by atoms with van der Waals surface area (Å²) in [5, 5.41) is 20.8. The van der Waals surface area contributed by atoms with Crippen molar-refractivity contribution >= 4 is 17.5 Å².